The SMILES string of the molecule is CCNCCCNC(=O)C1CC=CCC1. The first-order valence-electron chi connectivity index (χ1n) is 5.98. The number of hydrogen-bond acceptors (Lipinski definition) is 2. The van der Waals surface area contributed by atoms with E-state index in [1.54, 1.807) is 0 Å². The molecule has 1 unspecified atom stereocenters. The molecule has 0 saturated heterocycles. The Hall–Kier alpha value is -0.830. The number of carbonyl (C=O) groups is 1. The summed E-state index contributed by atoms with van der Waals surface area (Å²) in [4.78, 5) is 11.7. The van der Waals surface area contributed by atoms with E-state index in [0.29, 0.717) is 0 Å². The lowest BCUT2D eigenvalue weighted by Crippen LogP contribution is -2.33. The Morgan fingerprint density at radius 3 is 2.93 bits per heavy atom. The average Bonchev–Trinajstić information content (AvgIpc) is 2.30. The molecule has 15 heavy (non-hydrogen) atoms. The Morgan fingerprint density at radius 1 is 1.40 bits per heavy atom. The molecule has 0 aliphatic heterocycles. The summed E-state index contributed by atoms with van der Waals surface area (Å²) in [7, 11) is 0. The lowest BCUT2D eigenvalue weighted by atomic mass is 9.94. The van der Waals surface area contributed by atoms with Gasteiger partial charge in [-0.25, -0.2) is 0 Å². The zero-order chi connectivity index (χ0) is 10.9. The summed E-state index contributed by atoms with van der Waals surface area (Å²) in [5.74, 6) is 0.449. The van der Waals surface area contributed by atoms with Gasteiger partial charge in [-0.2, -0.15) is 0 Å². The maximum Gasteiger partial charge on any atom is 0.223 e. The molecule has 0 aromatic carbocycles. The van der Waals surface area contributed by atoms with Crippen molar-refractivity contribution in [2.75, 3.05) is 19.6 Å². The van der Waals surface area contributed by atoms with E-state index in [2.05, 4.69) is 29.7 Å². The zero-order valence-electron chi connectivity index (χ0n) is 9.59. The van der Waals surface area contributed by atoms with Crippen molar-refractivity contribution in [3.8, 4) is 0 Å². The zero-order valence-corrected chi connectivity index (χ0v) is 9.59. The molecule has 2 N–H and O–H groups in total. The Kier molecular flexibility index (Phi) is 6.09. The van der Waals surface area contributed by atoms with Crippen molar-refractivity contribution in [3.63, 3.8) is 0 Å². The molecule has 0 saturated carbocycles. The highest BCUT2D eigenvalue weighted by Gasteiger charge is 2.17. The first-order valence-corrected chi connectivity index (χ1v) is 5.98. The first-order chi connectivity index (χ1) is 7.34. The van der Waals surface area contributed by atoms with E-state index in [1.807, 2.05) is 0 Å². The van der Waals surface area contributed by atoms with Crippen molar-refractivity contribution < 1.29 is 4.79 Å². The molecule has 1 rings (SSSR count). The summed E-state index contributed by atoms with van der Waals surface area (Å²) in [6.45, 7) is 4.88. The number of hydrogen-bond donors (Lipinski definition) is 2. The first kappa shape index (κ1) is 12.2. The van der Waals surface area contributed by atoms with Gasteiger partial charge in [-0.15, -0.1) is 0 Å². The summed E-state index contributed by atoms with van der Waals surface area (Å²) in [6, 6.07) is 0. The van der Waals surface area contributed by atoms with E-state index in [0.717, 1.165) is 45.3 Å². The van der Waals surface area contributed by atoms with Gasteiger partial charge in [0.25, 0.3) is 0 Å². The van der Waals surface area contributed by atoms with E-state index >= 15 is 0 Å². The lowest BCUT2D eigenvalue weighted by molar-refractivity contribution is -0.125. The van der Waals surface area contributed by atoms with Gasteiger partial charge in [0, 0.05) is 12.5 Å². The molecule has 1 aliphatic rings. The van der Waals surface area contributed by atoms with Gasteiger partial charge < -0.3 is 10.6 Å². The quantitative estimate of drug-likeness (QED) is 0.515. The number of amides is 1. The maximum absolute atomic E-state index is 11.7. The van der Waals surface area contributed by atoms with Crippen LogP contribution < -0.4 is 10.6 Å². The number of allylic oxidation sites excluding steroid dienone is 2. The molecule has 1 atom stereocenters. The molecule has 3 nitrogen and oxygen atoms in total. The molecule has 1 amide bonds. The molecule has 0 fully saturated rings. The molecule has 0 radical (unpaired) electrons. The molecule has 0 aromatic heterocycles. The minimum absolute atomic E-state index is 0.217. The fraction of sp³-hybridized carbons (Fsp3) is 0.750. The van der Waals surface area contributed by atoms with Crippen LogP contribution in [-0.4, -0.2) is 25.5 Å². The maximum atomic E-state index is 11.7. The number of carbonyl (C=O) groups excluding carboxylic acids is 1. The van der Waals surface area contributed by atoms with Gasteiger partial charge in [0.2, 0.25) is 5.91 Å². The van der Waals surface area contributed by atoms with Crippen LogP contribution in [0.3, 0.4) is 0 Å². The second kappa shape index (κ2) is 7.46. The van der Waals surface area contributed by atoms with Crippen LogP contribution in [0.5, 0.6) is 0 Å². The van der Waals surface area contributed by atoms with Crippen LogP contribution in [0.1, 0.15) is 32.6 Å². The van der Waals surface area contributed by atoms with Crippen molar-refractivity contribution in [1.82, 2.24) is 10.6 Å². The molecule has 0 bridgehead atoms. The van der Waals surface area contributed by atoms with Crippen LogP contribution in [0.2, 0.25) is 0 Å². The summed E-state index contributed by atoms with van der Waals surface area (Å²) in [5, 5.41) is 6.24. The van der Waals surface area contributed by atoms with Crippen molar-refractivity contribution >= 4 is 5.91 Å². The van der Waals surface area contributed by atoms with Crippen LogP contribution in [0, 0.1) is 5.92 Å². The normalized spacial score (nSPS) is 20.2. The Balaban J connectivity index is 2.05. The molecule has 0 heterocycles. The van der Waals surface area contributed by atoms with Gasteiger partial charge in [0.05, 0.1) is 0 Å². The van der Waals surface area contributed by atoms with Crippen molar-refractivity contribution in [1.29, 1.82) is 0 Å². The van der Waals surface area contributed by atoms with Crippen molar-refractivity contribution in [3.05, 3.63) is 12.2 Å². The van der Waals surface area contributed by atoms with Gasteiger partial charge >= 0.3 is 0 Å². The molecule has 0 aromatic rings. The fourth-order valence-corrected chi connectivity index (χ4v) is 1.78. The summed E-state index contributed by atoms with van der Waals surface area (Å²) in [5.41, 5.74) is 0. The van der Waals surface area contributed by atoms with Crippen LogP contribution in [0.15, 0.2) is 12.2 Å². The second-order valence-electron chi connectivity index (χ2n) is 3.98. The monoisotopic (exact) mass is 210 g/mol. The van der Waals surface area contributed by atoms with Crippen LogP contribution in [0.4, 0.5) is 0 Å². The summed E-state index contributed by atoms with van der Waals surface area (Å²) in [6.07, 6.45) is 8.27. The highest BCUT2D eigenvalue weighted by atomic mass is 16.1. The molecular weight excluding hydrogens is 188 g/mol. The second-order valence-corrected chi connectivity index (χ2v) is 3.98. The molecule has 3 heteroatoms. The van der Waals surface area contributed by atoms with Crippen LogP contribution >= 0.6 is 0 Å². The third-order valence-electron chi connectivity index (χ3n) is 2.72. The number of rotatable bonds is 6. The van der Waals surface area contributed by atoms with E-state index in [-0.39, 0.29) is 11.8 Å². The van der Waals surface area contributed by atoms with Gasteiger partial charge in [-0.3, -0.25) is 4.79 Å². The Morgan fingerprint density at radius 2 is 2.27 bits per heavy atom. The van der Waals surface area contributed by atoms with Crippen molar-refractivity contribution in [2.45, 2.75) is 32.6 Å². The molecule has 0 spiro atoms. The third kappa shape index (κ3) is 4.98. The minimum atomic E-state index is 0.217. The molecular formula is C12H22N2O. The Labute approximate surface area is 92.3 Å². The fourth-order valence-electron chi connectivity index (χ4n) is 1.78. The minimum Gasteiger partial charge on any atom is -0.356 e. The molecule has 1 aliphatic carbocycles. The smallest absolute Gasteiger partial charge is 0.223 e. The highest BCUT2D eigenvalue weighted by molar-refractivity contribution is 5.78. The topological polar surface area (TPSA) is 41.1 Å². The number of nitrogens with one attached hydrogen (secondary N) is 2. The van der Waals surface area contributed by atoms with E-state index in [1.165, 1.54) is 0 Å². The predicted octanol–water partition coefficient (Wildman–Crippen LogP) is 1.46. The standard InChI is InChI=1S/C12H22N2O/c1-2-13-9-6-10-14-12(15)11-7-4-3-5-8-11/h3-4,11,13H,2,5-10H2,1H3,(H,14,15). The largest absolute Gasteiger partial charge is 0.356 e. The average molecular weight is 210 g/mol. The van der Waals surface area contributed by atoms with Gasteiger partial charge in [0.1, 0.15) is 0 Å². The van der Waals surface area contributed by atoms with E-state index in [4.69, 9.17) is 0 Å². The summed E-state index contributed by atoms with van der Waals surface area (Å²) >= 11 is 0. The van der Waals surface area contributed by atoms with E-state index in [9.17, 15) is 4.79 Å². The highest BCUT2D eigenvalue weighted by Crippen LogP contribution is 2.17. The van der Waals surface area contributed by atoms with E-state index < -0.39 is 0 Å². The van der Waals surface area contributed by atoms with Crippen LogP contribution in [0.25, 0.3) is 0 Å². The third-order valence-corrected chi connectivity index (χ3v) is 2.72. The van der Waals surface area contributed by atoms with Crippen LogP contribution in [-0.2, 0) is 4.79 Å². The lowest BCUT2D eigenvalue weighted by Gasteiger charge is -2.17. The van der Waals surface area contributed by atoms with Gasteiger partial charge in [-0.05, 0) is 38.8 Å². The Bertz CT molecular complexity index is 214. The predicted molar refractivity (Wildman–Crippen MR) is 62.7 cm³/mol. The van der Waals surface area contributed by atoms with Gasteiger partial charge in [-0.1, -0.05) is 19.1 Å². The summed E-state index contributed by atoms with van der Waals surface area (Å²) < 4.78 is 0. The van der Waals surface area contributed by atoms with Crippen molar-refractivity contribution in [2.24, 2.45) is 5.92 Å². The van der Waals surface area contributed by atoms with Gasteiger partial charge in [0.15, 0.2) is 0 Å². The molecule has 86 valence electrons.